The zero-order chi connectivity index (χ0) is 25.2. The third-order valence-corrected chi connectivity index (χ3v) is 6.53. The van der Waals surface area contributed by atoms with Gasteiger partial charge in [-0.25, -0.2) is 0 Å². The van der Waals surface area contributed by atoms with E-state index >= 15 is 0 Å². The topological polar surface area (TPSA) is 178 Å². The standard InChI is InChI=1S/C22H16N4O7S2/c27-22-19-4-2-1-3-18(19)20(25-23-14-5-9-16(10-6-14)34(28,29)30)13-21(22)26-24-15-7-11-17(12-8-15)35(31,32)33/h1-13,27H,(H,28,29,30)(H,31,32,33). The van der Waals surface area contributed by atoms with Crippen LogP contribution in [0.5, 0.6) is 5.75 Å². The highest BCUT2D eigenvalue weighted by atomic mass is 32.2. The van der Waals surface area contributed by atoms with Crippen LogP contribution in [0.4, 0.5) is 22.7 Å². The number of nitrogens with zero attached hydrogens (tertiary/aromatic N) is 4. The lowest BCUT2D eigenvalue weighted by Crippen LogP contribution is -1.96. The van der Waals surface area contributed by atoms with E-state index in [9.17, 15) is 21.9 Å². The van der Waals surface area contributed by atoms with Crippen molar-refractivity contribution >= 4 is 53.8 Å². The van der Waals surface area contributed by atoms with Gasteiger partial charge < -0.3 is 5.11 Å². The van der Waals surface area contributed by atoms with Crippen LogP contribution in [-0.4, -0.2) is 31.0 Å². The molecule has 4 aromatic rings. The highest BCUT2D eigenvalue weighted by Crippen LogP contribution is 2.42. The molecule has 0 aliphatic heterocycles. The van der Waals surface area contributed by atoms with Crippen molar-refractivity contribution < 1.29 is 31.0 Å². The van der Waals surface area contributed by atoms with Crippen LogP contribution in [0.25, 0.3) is 10.8 Å². The van der Waals surface area contributed by atoms with Crippen LogP contribution in [0.3, 0.4) is 0 Å². The molecule has 0 unspecified atom stereocenters. The molecule has 0 atom stereocenters. The Morgan fingerprint density at radius 1 is 0.543 bits per heavy atom. The van der Waals surface area contributed by atoms with Gasteiger partial charge in [0.2, 0.25) is 0 Å². The average Bonchev–Trinajstić information content (AvgIpc) is 2.82. The van der Waals surface area contributed by atoms with Gasteiger partial charge in [-0.05, 0) is 54.6 Å². The Balaban J connectivity index is 1.70. The molecule has 0 radical (unpaired) electrons. The molecule has 0 amide bonds. The van der Waals surface area contributed by atoms with Gasteiger partial charge in [-0.15, -0.1) is 10.2 Å². The number of fused-ring (bicyclic) bond motifs is 1. The molecule has 11 nitrogen and oxygen atoms in total. The third kappa shape index (κ3) is 5.55. The molecule has 4 aromatic carbocycles. The first-order valence-electron chi connectivity index (χ1n) is 9.76. The third-order valence-electron chi connectivity index (χ3n) is 4.79. The van der Waals surface area contributed by atoms with Crippen LogP contribution >= 0.6 is 0 Å². The molecule has 0 heterocycles. The van der Waals surface area contributed by atoms with E-state index in [1.165, 1.54) is 42.5 Å². The molecule has 178 valence electrons. The number of phenols is 1. The van der Waals surface area contributed by atoms with Crippen molar-refractivity contribution in [3.8, 4) is 5.75 Å². The fourth-order valence-electron chi connectivity index (χ4n) is 3.08. The van der Waals surface area contributed by atoms with E-state index in [2.05, 4.69) is 20.5 Å². The Morgan fingerprint density at radius 3 is 1.43 bits per heavy atom. The maximum Gasteiger partial charge on any atom is 0.294 e. The molecule has 3 N–H and O–H groups in total. The predicted octanol–water partition coefficient (Wildman–Crippen LogP) is 5.87. The van der Waals surface area contributed by atoms with E-state index in [4.69, 9.17) is 9.11 Å². The molecule has 0 saturated heterocycles. The van der Waals surface area contributed by atoms with Gasteiger partial charge in [0.25, 0.3) is 20.2 Å². The molecule has 0 spiro atoms. The zero-order valence-electron chi connectivity index (χ0n) is 17.6. The molecule has 0 aromatic heterocycles. The minimum absolute atomic E-state index is 0.0678. The number of phenolic OH excluding ortho intramolecular Hbond substituents is 1. The number of aromatic hydroxyl groups is 1. The molecule has 0 fully saturated rings. The summed E-state index contributed by atoms with van der Waals surface area (Å²) in [6.07, 6.45) is 0. The van der Waals surface area contributed by atoms with E-state index in [0.717, 1.165) is 12.1 Å². The molecular formula is C22H16N4O7S2. The van der Waals surface area contributed by atoms with Crippen LogP contribution in [-0.2, 0) is 20.2 Å². The highest BCUT2D eigenvalue weighted by molar-refractivity contribution is 7.86. The summed E-state index contributed by atoms with van der Waals surface area (Å²) in [7, 11) is -8.67. The Kier molecular flexibility index (Phi) is 6.41. The maximum absolute atomic E-state index is 11.2. The van der Waals surface area contributed by atoms with Gasteiger partial charge in [0, 0.05) is 10.8 Å². The Hall–Kier alpha value is -4.04. The lowest BCUT2D eigenvalue weighted by molar-refractivity contribution is 0.481. The van der Waals surface area contributed by atoms with Crippen LogP contribution in [0.15, 0.2) is 109 Å². The number of rotatable bonds is 6. The fourth-order valence-corrected chi connectivity index (χ4v) is 4.04. The lowest BCUT2D eigenvalue weighted by Gasteiger charge is -2.07. The van der Waals surface area contributed by atoms with E-state index in [1.54, 1.807) is 24.3 Å². The van der Waals surface area contributed by atoms with Crippen molar-refractivity contribution in [1.29, 1.82) is 0 Å². The quantitative estimate of drug-likeness (QED) is 0.213. The lowest BCUT2D eigenvalue weighted by atomic mass is 10.1. The average molecular weight is 513 g/mol. The maximum atomic E-state index is 11.2. The van der Waals surface area contributed by atoms with Gasteiger partial charge in [0.05, 0.1) is 26.9 Å². The molecule has 0 aliphatic carbocycles. The summed E-state index contributed by atoms with van der Waals surface area (Å²) in [6, 6.07) is 18.4. The summed E-state index contributed by atoms with van der Waals surface area (Å²) in [6.45, 7) is 0. The van der Waals surface area contributed by atoms with E-state index in [1.807, 2.05) is 0 Å². The van der Waals surface area contributed by atoms with Crippen LogP contribution in [0, 0.1) is 0 Å². The first-order chi connectivity index (χ1) is 16.5. The number of hydrogen-bond donors (Lipinski definition) is 3. The summed E-state index contributed by atoms with van der Waals surface area (Å²) >= 11 is 0. The Morgan fingerprint density at radius 2 is 0.971 bits per heavy atom. The molecule has 35 heavy (non-hydrogen) atoms. The highest BCUT2D eigenvalue weighted by Gasteiger charge is 2.12. The van der Waals surface area contributed by atoms with Gasteiger partial charge in [-0.2, -0.15) is 27.1 Å². The molecule has 4 rings (SSSR count). The first-order valence-corrected chi connectivity index (χ1v) is 12.6. The van der Waals surface area contributed by atoms with Gasteiger partial charge >= 0.3 is 0 Å². The second kappa shape index (κ2) is 9.31. The van der Waals surface area contributed by atoms with Crippen molar-refractivity contribution in [3.63, 3.8) is 0 Å². The van der Waals surface area contributed by atoms with Gasteiger partial charge in [-0.3, -0.25) is 9.11 Å². The molecule has 0 bridgehead atoms. The largest absolute Gasteiger partial charge is 0.505 e. The molecular weight excluding hydrogens is 496 g/mol. The van der Waals surface area contributed by atoms with Crippen LogP contribution in [0.1, 0.15) is 0 Å². The minimum Gasteiger partial charge on any atom is -0.505 e. The van der Waals surface area contributed by atoms with Gasteiger partial charge in [-0.1, -0.05) is 24.3 Å². The minimum atomic E-state index is -4.34. The molecule has 13 heteroatoms. The second-order valence-corrected chi connectivity index (χ2v) is 9.99. The fraction of sp³-hybridized carbons (Fsp3) is 0. The molecule has 0 saturated carbocycles. The monoisotopic (exact) mass is 512 g/mol. The van der Waals surface area contributed by atoms with E-state index in [0.29, 0.717) is 22.1 Å². The van der Waals surface area contributed by atoms with Crippen molar-refractivity contribution in [3.05, 3.63) is 78.9 Å². The number of azo groups is 2. The smallest absolute Gasteiger partial charge is 0.294 e. The summed E-state index contributed by atoms with van der Waals surface area (Å²) in [5, 5.41) is 28.0. The van der Waals surface area contributed by atoms with E-state index in [-0.39, 0.29) is 26.9 Å². The van der Waals surface area contributed by atoms with Gasteiger partial charge in [0.15, 0.2) is 5.75 Å². The van der Waals surface area contributed by atoms with Crippen molar-refractivity contribution in [1.82, 2.24) is 0 Å². The first kappa shape index (κ1) is 24.1. The SMILES string of the molecule is O=S(=O)(O)c1ccc(N=Nc2cc(N=Nc3ccc(S(=O)(=O)O)cc3)c3ccccc3c2O)cc1. The van der Waals surface area contributed by atoms with Gasteiger partial charge in [0.1, 0.15) is 5.69 Å². The predicted molar refractivity (Wildman–Crippen MR) is 126 cm³/mol. The van der Waals surface area contributed by atoms with E-state index < -0.39 is 20.2 Å². The van der Waals surface area contributed by atoms with Crippen molar-refractivity contribution in [2.24, 2.45) is 20.5 Å². The Labute approximate surface area is 199 Å². The normalized spacial score (nSPS) is 12.6. The summed E-state index contributed by atoms with van der Waals surface area (Å²) in [5.74, 6) is -0.157. The summed E-state index contributed by atoms with van der Waals surface area (Å²) < 4.78 is 62.8. The zero-order valence-corrected chi connectivity index (χ0v) is 19.2. The molecule has 0 aliphatic rings. The van der Waals surface area contributed by atoms with Crippen molar-refractivity contribution in [2.45, 2.75) is 9.79 Å². The van der Waals surface area contributed by atoms with Crippen LogP contribution < -0.4 is 0 Å². The number of benzene rings is 4. The number of hydrogen-bond acceptors (Lipinski definition) is 9. The summed E-state index contributed by atoms with van der Waals surface area (Å²) in [4.78, 5) is -0.573. The van der Waals surface area contributed by atoms with Crippen molar-refractivity contribution in [2.75, 3.05) is 0 Å². The Bertz CT molecular complexity index is 1680. The second-order valence-electron chi connectivity index (χ2n) is 7.15. The summed E-state index contributed by atoms with van der Waals surface area (Å²) in [5.41, 5.74) is 0.995. The van der Waals surface area contributed by atoms with Crippen LogP contribution in [0.2, 0.25) is 0 Å².